The Morgan fingerprint density at radius 3 is 2.38 bits per heavy atom. The van der Waals surface area contributed by atoms with Gasteiger partial charge >= 0.3 is 0 Å². The molecule has 2 amide bonds. The predicted molar refractivity (Wildman–Crippen MR) is 149 cm³/mol. The van der Waals surface area contributed by atoms with Gasteiger partial charge in [-0.1, -0.05) is 55.2 Å². The fourth-order valence-corrected chi connectivity index (χ4v) is 5.23. The molecule has 2 rings (SSSR count). The van der Waals surface area contributed by atoms with Crippen LogP contribution in [0.1, 0.15) is 45.1 Å². The number of para-hydroxylation sites is 2. The molecule has 0 spiro atoms. The Hall–Kier alpha value is -2.49. The summed E-state index contributed by atoms with van der Waals surface area (Å²) in [7, 11) is -2.16. The number of nitrogens with one attached hydrogen (secondary N) is 1. The highest BCUT2D eigenvalue weighted by atomic mass is 35.5. The molecular weight excluding hydrogens is 537 g/mol. The number of hydrogen-bond acceptors (Lipinski definition) is 5. The van der Waals surface area contributed by atoms with E-state index in [1.165, 1.54) is 16.3 Å². The summed E-state index contributed by atoms with van der Waals surface area (Å²) in [6.45, 7) is 4.54. The lowest BCUT2D eigenvalue weighted by Gasteiger charge is -2.31. The van der Waals surface area contributed by atoms with Gasteiger partial charge in [-0.25, -0.2) is 8.42 Å². The summed E-state index contributed by atoms with van der Waals surface area (Å²) >= 11 is 12.2. The van der Waals surface area contributed by atoms with Gasteiger partial charge in [0.2, 0.25) is 21.8 Å². The summed E-state index contributed by atoms with van der Waals surface area (Å²) in [5.41, 5.74) is 1.13. The molecule has 0 saturated heterocycles. The summed E-state index contributed by atoms with van der Waals surface area (Å²) in [4.78, 5) is 27.9. The molecular formula is C26H35Cl2N3O5S. The van der Waals surface area contributed by atoms with Crippen LogP contribution in [0.3, 0.4) is 0 Å². The molecule has 2 aromatic carbocycles. The molecule has 0 aliphatic rings. The van der Waals surface area contributed by atoms with E-state index >= 15 is 0 Å². The van der Waals surface area contributed by atoms with E-state index in [2.05, 4.69) is 5.32 Å². The lowest BCUT2D eigenvalue weighted by molar-refractivity contribution is -0.141. The Balaban J connectivity index is 2.26. The highest BCUT2D eigenvalue weighted by molar-refractivity contribution is 7.92. The molecule has 8 nitrogen and oxygen atoms in total. The maximum absolute atomic E-state index is 13.5. The van der Waals surface area contributed by atoms with Gasteiger partial charge < -0.3 is 15.0 Å². The summed E-state index contributed by atoms with van der Waals surface area (Å²) in [6, 6.07) is 11.2. The van der Waals surface area contributed by atoms with E-state index in [1.54, 1.807) is 42.5 Å². The Kier molecular flexibility index (Phi) is 12.0. The van der Waals surface area contributed by atoms with Crippen molar-refractivity contribution in [2.45, 2.75) is 52.1 Å². The smallest absolute Gasteiger partial charge is 0.242 e. The zero-order valence-electron chi connectivity index (χ0n) is 21.7. The third-order valence-corrected chi connectivity index (χ3v) is 7.70. The van der Waals surface area contributed by atoms with Crippen LogP contribution in [0.2, 0.25) is 10.0 Å². The van der Waals surface area contributed by atoms with E-state index in [9.17, 15) is 18.0 Å². The van der Waals surface area contributed by atoms with Gasteiger partial charge in [0.25, 0.3) is 0 Å². The third kappa shape index (κ3) is 8.79. The Bertz CT molecular complexity index is 1180. The van der Waals surface area contributed by atoms with Crippen LogP contribution in [0.25, 0.3) is 0 Å². The van der Waals surface area contributed by atoms with Crippen molar-refractivity contribution in [3.63, 3.8) is 0 Å². The van der Waals surface area contributed by atoms with Gasteiger partial charge in [-0.15, -0.1) is 0 Å². The number of ether oxygens (including phenoxy) is 1. The quantitative estimate of drug-likeness (QED) is 0.348. The van der Waals surface area contributed by atoms with Gasteiger partial charge in [-0.05, 0) is 49.1 Å². The zero-order valence-corrected chi connectivity index (χ0v) is 24.0. The molecule has 0 unspecified atom stereocenters. The maximum atomic E-state index is 13.5. The molecule has 0 aromatic heterocycles. The molecule has 2 aromatic rings. The lowest BCUT2D eigenvalue weighted by Crippen LogP contribution is -2.49. The number of nitrogens with zero attached hydrogens (tertiary/aromatic N) is 2. The van der Waals surface area contributed by atoms with Crippen molar-refractivity contribution in [2.24, 2.45) is 0 Å². The number of sulfonamides is 1. The van der Waals surface area contributed by atoms with Gasteiger partial charge in [0.1, 0.15) is 11.8 Å². The predicted octanol–water partition coefficient (Wildman–Crippen LogP) is 4.88. The molecule has 0 radical (unpaired) electrons. The summed E-state index contributed by atoms with van der Waals surface area (Å²) in [5, 5.41) is 3.63. The first-order valence-electron chi connectivity index (χ1n) is 12.1. The first-order chi connectivity index (χ1) is 17.5. The monoisotopic (exact) mass is 571 g/mol. The number of rotatable bonds is 14. The van der Waals surface area contributed by atoms with E-state index in [1.807, 2.05) is 13.8 Å². The van der Waals surface area contributed by atoms with Crippen LogP contribution in [-0.4, -0.2) is 57.6 Å². The minimum atomic E-state index is -3.63. The molecule has 0 heterocycles. The second-order valence-corrected chi connectivity index (χ2v) is 11.3. The SMILES string of the molecule is CCCNC(=O)[C@H](CC)N(Cc1ccc(Cl)c(Cl)c1)C(=O)CCCN(c1ccccc1OC)S(C)(=O)=O. The van der Waals surface area contributed by atoms with E-state index in [0.29, 0.717) is 34.4 Å². The van der Waals surface area contributed by atoms with Crippen LogP contribution in [0.4, 0.5) is 5.69 Å². The van der Waals surface area contributed by atoms with Crippen LogP contribution in [-0.2, 0) is 26.2 Å². The second kappa shape index (κ2) is 14.4. The van der Waals surface area contributed by atoms with Gasteiger partial charge in [0.15, 0.2) is 0 Å². The van der Waals surface area contributed by atoms with Crippen molar-refractivity contribution in [1.82, 2.24) is 10.2 Å². The third-order valence-electron chi connectivity index (χ3n) is 5.78. The van der Waals surface area contributed by atoms with Gasteiger partial charge in [0.05, 0.1) is 29.1 Å². The number of benzene rings is 2. The van der Waals surface area contributed by atoms with Gasteiger partial charge in [-0.3, -0.25) is 13.9 Å². The van der Waals surface area contributed by atoms with Gasteiger partial charge in [0, 0.05) is 26.1 Å². The van der Waals surface area contributed by atoms with Crippen molar-refractivity contribution in [3.8, 4) is 5.75 Å². The number of anilines is 1. The molecule has 0 fully saturated rings. The number of carbonyl (C=O) groups is 2. The van der Waals surface area contributed by atoms with Crippen molar-refractivity contribution < 1.29 is 22.7 Å². The molecule has 11 heteroatoms. The largest absolute Gasteiger partial charge is 0.495 e. The topological polar surface area (TPSA) is 96.0 Å². The van der Waals surface area contributed by atoms with E-state index < -0.39 is 16.1 Å². The second-order valence-electron chi connectivity index (χ2n) is 8.60. The average Bonchev–Trinajstić information content (AvgIpc) is 2.86. The van der Waals surface area contributed by atoms with Crippen molar-refractivity contribution in [1.29, 1.82) is 0 Å². The number of carbonyl (C=O) groups excluding carboxylic acids is 2. The molecule has 0 aliphatic heterocycles. The zero-order chi connectivity index (χ0) is 27.6. The van der Waals surface area contributed by atoms with Crippen LogP contribution >= 0.6 is 23.2 Å². The van der Waals surface area contributed by atoms with Crippen molar-refractivity contribution in [2.75, 3.05) is 30.8 Å². The maximum Gasteiger partial charge on any atom is 0.242 e. The summed E-state index contributed by atoms with van der Waals surface area (Å²) in [6.07, 6.45) is 2.59. The summed E-state index contributed by atoms with van der Waals surface area (Å²) < 4.78 is 31.7. The highest BCUT2D eigenvalue weighted by Crippen LogP contribution is 2.30. The molecule has 1 N–H and O–H groups in total. The number of amides is 2. The summed E-state index contributed by atoms with van der Waals surface area (Å²) in [5.74, 6) is -0.0817. The van der Waals surface area contributed by atoms with E-state index in [4.69, 9.17) is 27.9 Å². The normalized spacial score (nSPS) is 12.1. The Morgan fingerprint density at radius 1 is 1.08 bits per heavy atom. The van der Waals surface area contributed by atoms with Crippen LogP contribution in [0, 0.1) is 0 Å². The fourth-order valence-electron chi connectivity index (χ4n) is 3.94. The molecule has 0 bridgehead atoms. The van der Waals surface area contributed by atoms with Crippen LogP contribution in [0.5, 0.6) is 5.75 Å². The number of hydrogen-bond donors (Lipinski definition) is 1. The highest BCUT2D eigenvalue weighted by Gasteiger charge is 2.29. The van der Waals surface area contributed by atoms with Crippen molar-refractivity contribution in [3.05, 3.63) is 58.1 Å². The fraction of sp³-hybridized carbons (Fsp3) is 0.462. The van der Waals surface area contributed by atoms with Crippen LogP contribution in [0.15, 0.2) is 42.5 Å². The lowest BCUT2D eigenvalue weighted by atomic mass is 10.1. The average molecular weight is 573 g/mol. The van der Waals surface area contributed by atoms with Crippen molar-refractivity contribution >= 4 is 50.7 Å². The minimum Gasteiger partial charge on any atom is -0.495 e. The Labute approximate surface area is 229 Å². The molecule has 1 atom stereocenters. The molecule has 204 valence electrons. The Morgan fingerprint density at radius 2 is 1.78 bits per heavy atom. The standard InChI is InChI=1S/C26H35Cl2N3O5S/c1-5-15-29-26(33)22(6-2)30(18-19-13-14-20(27)21(28)17-19)25(32)12-9-16-31(37(4,34)35)23-10-7-8-11-24(23)36-3/h7-8,10-11,13-14,17,22H,5-6,9,12,15-16,18H2,1-4H3,(H,29,33)/t22-/m0/s1. The van der Waals surface area contributed by atoms with Crippen LogP contribution < -0.4 is 14.4 Å². The minimum absolute atomic E-state index is 0.0417. The molecule has 37 heavy (non-hydrogen) atoms. The molecule has 0 aliphatic carbocycles. The van der Waals surface area contributed by atoms with Gasteiger partial charge in [-0.2, -0.15) is 0 Å². The molecule has 0 saturated carbocycles. The van der Waals surface area contributed by atoms with E-state index in [0.717, 1.165) is 18.2 Å². The number of methoxy groups -OCH3 is 1. The number of halogens is 2. The first-order valence-corrected chi connectivity index (χ1v) is 14.8. The first kappa shape index (κ1) is 30.7. The van der Waals surface area contributed by atoms with E-state index in [-0.39, 0.29) is 37.7 Å².